The first-order valence-corrected chi connectivity index (χ1v) is 9.62. The van der Waals surface area contributed by atoms with Gasteiger partial charge in [0.1, 0.15) is 0 Å². The Morgan fingerprint density at radius 1 is 1.15 bits per heavy atom. The normalized spacial score (nSPS) is 10.9. The summed E-state index contributed by atoms with van der Waals surface area (Å²) >= 11 is 13.9. The molecule has 9 heteroatoms. The molecule has 1 N–H and O–H groups in total. The zero-order chi connectivity index (χ0) is 18.4. The average molecular weight is 410 g/mol. The van der Waals surface area contributed by atoms with Crippen LogP contribution in [0.4, 0.5) is 0 Å². The van der Waals surface area contributed by atoms with Crippen LogP contribution in [0.5, 0.6) is 5.75 Å². The lowest BCUT2D eigenvalue weighted by Gasteiger charge is -2.09. The Labute approximate surface area is 165 Å². The molecule has 0 radical (unpaired) electrons. The van der Waals surface area contributed by atoms with Crippen molar-refractivity contribution in [1.29, 1.82) is 0 Å². The number of halogens is 2. The molecule has 0 aliphatic heterocycles. The van der Waals surface area contributed by atoms with Gasteiger partial charge >= 0.3 is 0 Å². The molecule has 0 saturated carbocycles. The number of thioether (sulfide) groups is 1. The molecule has 0 spiro atoms. The van der Waals surface area contributed by atoms with E-state index in [4.69, 9.17) is 27.9 Å². The molecule has 0 atom stereocenters. The summed E-state index contributed by atoms with van der Waals surface area (Å²) in [6.07, 6.45) is 0. The summed E-state index contributed by atoms with van der Waals surface area (Å²) in [4.78, 5) is 0. The molecule has 136 valence electrons. The zero-order valence-corrected chi connectivity index (χ0v) is 16.4. The third kappa shape index (κ3) is 4.67. The molecule has 0 amide bonds. The van der Waals surface area contributed by atoms with E-state index in [1.807, 2.05) is 42.5 Å². The second-order valence-electron chi connectivity index (χ2n) is 5.33. The first-order chi connectivity index (χ1) is 12.7. The Hall–Kier alpha value is -1.80. The number of tetrazole rings is 1. The minimum Gasteiger partial charge on any atom is -0.494 e. The van der Waals surface area contributed by atoms with Gasteiger partial charge in [-0.15, -0.1) is 5.10 Å². The average Bonchev–Trinajstić information content (AvgIpc) is 3.10. The lowest BCUT2D eigenvalue weighted by atomic mass is 10.2. The van der Waals surface area contributed by atoms with E-state index in [0.29, 0.717) is 22.3 Å². The third-order valence-corrected chi connectivity index (χ3v) is 5.03. The fraction of sp³-hybridized carbons (Fsp3) is 0.235. The van der Waals surface area contributed by atoms with Crippen LogP contribution in [0.25, 0.3) is 5.69 Å². The molecule has 3 aromatic rings. The van der Waals surface area contributed by atoms with Crippen LogP contribution in [0.15, 0.2) is 47.6 Å². The predicted molar refractivity (Wildman–Crippen MR) is 105 cm³/mol. The maximum Gasteiger partial charge on any atom is 0.214 e. The van der Waals surface area contributed by atoms with E-state index < -0.39 is 0 Å². The van der Waals surface area contributed by atoms with E-state index >= 15 is 0 Å². The van der Waals surface area contributed by atoms with Crippen molar-refractivity contribution in [1.82, 2.24) is 25.5 Å². The van der Waals surface area contributed by atoms with Crippen molar-refractivity contribution in [3.63, 3.8) is 0 Å². The standard InChI is InChI=1S/C17H17Cl2N5OS/c1-25-16-14(18)9-12(10-15(16)19)11-20-7-8-26-17-21-22-23-24(17)13-5-3-2-4-6-13/h2-6,9-10,20H,7-8,11H2,1H3. The number of nitrogens with one attached hydrogen (secondary N) is 1. The molecule has 0 saturated heterocycles. The number of ether oxygens (including phenoxy) is 1. The van der Waals surface area contributed by atoms with Gasteiger partial charge in [-0.25, -0.2) is 0 Å². The SMILES string of the molecule is COc1c(Cl)cc(CNCCSc2nnnn2-c2ccccc2)cc1Cl. The molecule has 1 heterocycles. The summed E-state index contributed by atoms with van der Waals surface area (Å²) in [5, 5.41) is 17.0. The van der Waals surface area contributed by atoms with Gasteiger partial charge < -0.3 is 10.1 Å². The van der Waals surface area contributed by atoms with E-state index in [0.717, 1.165) is 28.7 Å². The van der Waals surface area contributed by atoms with Crippen LogP contribution in [-0.2, 0) is 6.54 Å². The number of benzene rings is 2. The largest absolute Gasteiger partial charge is 0.494 e. The second-order valence-corrected chi connectivity index (χ2v) is 7.20. The van der Waals surface area contributed by atoms with Gasteiger partial charge in [0.2, 0.25) is 5.16 Å². The highest BCUT2D eigenvalue weighted by Crippen LogP contribution is 2.33. The van der Waals surface area contributed by atoms with Crippen LogP contribution in [0, 0.1) is 0 Å². The molecular formula is C17H17Cl2N5OS. The highest BCUT2D eigenvalue weighted by atomic mass is 35.5. The van der Waals surface area contributed by atoms with Crippen molar-refractivity contribution in [2.45, 2.75) is 11.7 Å². The van der Waals surface area contributed by atoms with Crippen molar-refractivity contribution < 1.29 is 4.74 Å². The van der Waals surface area contributed by atoms with Gasteiger partial charge in [-0.3, -0.25) is 0 Å². The van der Waals surface area contributed by atoms with Gasteiger partial charge in [0.15, 0.2) is 5.75 Å². The molecule has 0 fully saturated rings. The molecule has 0 unspecified atom stereocenters. The molecule has 26 heavy (non-hydrogen) atoms. The molecule has 2 aromatic carbocycles. The van der Waals surface area contributed by atoms with Crippen molar-refractivity contribution >= 4 is 35.0 Å². The Morgan fingerprint density at radius 3 is 2.58 bits per heavy atom. The van der Waals surface area contributed by atoms with Crippen molar-refractivity contribution in [3.8, 4) is 11.4 Å². The summed E-state index contributed by atoms with van der Waals surface area (Å²) in [7, 11) is 1.55. The summed E-state index contributed by atoms with van der Waals surface area (Å²) in [6, 6.07) is 13.5. The summed E-state index contributed by atoms with van der Waals surface area (Å²) in [6.45, 7) is 1.45. The van der Waals surface area contributed by atoms with Gasteiger partial charge in [0.25, 0.3) is 0 Å². The fourth-order valence-electron chi connectivity index (χ4n) is 2.36. The molecule has 0 aliphatic rings. The number of hydrogen-bond donors (Lipinski definition) is 1. The minimum atomic E-state index is 0.500. The van der Waals surface area contributed by atoms with Crippen LogP contribution in [0.1, 0.15) is 5.56 Å². The smallest absolute Gasteiger partial charge is 0.214 e. The number of aromatic nitrogens is 4. The summed E-state index contributed by atoms with van der Waals surface area (Å²) in [5.41, 5.74) is 1.94. The summed E-state index contributed by atoms with van der Waals surface area (Å²) < 4.78 is 6.88. The highest BCUT2D eigenvalue weighted by molar-refractivity contribution is 7.99. The van der Waals surface area contributed by atoms with E-state index in [1.54, 1.807) is 23.6 Å². The Bertz CT molecular complexity index is 836. The van der Waals surface area contributed by atoms with E-state index in [1.165, 1.54) is 0 Å². The lowest BCUT2D eigenvalue weighted by Crippen LogP contribution is -2.17. The number of para-hydroxylation sites is 1. The van der Waals surface area contributed by atoms with Crippen LogP contribution < -0.4 is 10.1 Å². The molecule has 0 bridgehead atoms. The Balaban J connectivity index is 1.49. The van der Waals surface area contributed by atoms with Crippen LogP contribution >= 0.6 is 35.0 Å². The van der Waals surface area contributed by atoms with Crippen molar-refractivity contribution in [3.05, 3.63) is 58.1 Å². The molecule has 6 nitrogen and oxygen atoms in total. The number of nitrogens with zero attached hydrogens (tertiary/aromatic N) is 4. The molecule has 0 aliphatic carbocycles. The second kappa shape index (κ2) is 9.23. The van der Waals surface area contributed by atoms with Gasteiger partial charge in [-0.05, 0) is 40.3 Å². The first kappa shape index (κ1) is 19.0. The van der Waals surface area contributed by atoms with Crippen LogP contribution in [-0.4, -0.2) is 39.6 Å². The topological polar surface area (TPSA) is 64.9 Å². The third-order valence-electron chi connectivity index (χ3n) is 3.54. The van der Waals surface area contributed by atoms with E-state index in [2.05, 4.69) is 20.8 Å². The Morgan fingerprint density at radius 2 is 1.88 bits per heavy atom. The zero-order valence-electron chi connectivity index (χ0n) is 14.0. The molecule has 3 rings (SSSR count). The van der Waals surface area contributed by atoms with Gasteiger partial charge in [0.05, 0.1) is 22.8 Å². The number of methoxy groups -OCH3 is 1. The van der Waals surface area contributed by atoms with Crippen molar-refractivity contribution in [2.75, 3.05) is 19.4 Å². The minimum absolute atomic E-state index is 0.500. The maximum atomic E-state index is 6.15. The molecular weight excluding hydrogens is 393 g/mol. The van der Waals surface area contributed by atoms with Crippen LogP contribution in [0.2, 0.25) is 10.0 Å². The summed E-state index contributed by atoms with van der Waals surface area (Å²) in [5.74, 6) is 1.32. The van der Waals surface area contributed by atoms with E-state index in [-0.39, 0.29) is 0 Å². The Kier molecular flexibility index (Phi) is 6.73. The number of hydrogen-bond acceptors (Lipinski definition) is 6. The van der Waals surface area contributed by atoms with Crippen LogP contribution in [0.3, 0.4) is 0 Å². The monoisotopic (exact) mass is 409 g/mol. The van der Waals surface area contributed by atoms with Gasteiger partial charge in [-0.1, -0.05) is 53.2 Å². The molecule has 1 aromatic heterocycles. The van der Waals surface area contributed by atoms with Crippen molar-refractivity contribution in [2.24, 2.45) is 0 Å². The van der Waals surface area contributed by atoms with Gasteiger partial charge in [0, 0.05) is 18.8 Å². The fourth-order valence-corrected chi connectivity index (χ4v) is 3.83. The highest BCUT2D eigenvalue weighted by Gasteiger charge is 2.10. The van der Waals surface area contributed by atoms with Gasteiger partial charge in [-0.2, -0.15) is 4.68 Å². The predicted octanol–water partition coefficient (Wildman–Crippen LogP) is 3.86. The van der Waals surface area contributed by atoms with E-state index in [9.17, 15) is 0 Å². The quantitative estimate of drug-likeness (QED) is 0.450. The maximum absolute atomic E-state index is 6.15. The lowest BCUT2D eigenvalue weighted by molar-refractivity contribution is 0.415. The first-order valence-electron chi connectivity index (χ1n) is 7.88. The number of rotatable bonds is 8.